The number of anilines is 1. The Morgan fingerprint density at radius 1 is 0.919 bits per heavy atom. The van der Waals surface area contributed by atoms with E-state index in [0.717, 1.165) is 51.7 Å². The molecule has 1 aromatic rings. The molecule has 2 saturated heterocycles. The fourth-order valence-corrected chi connectivity index (χ4v) is 3.67. The SMILES string of the molecule is CC1CCCN(CCC(=O)N2CCN(c3ccncc3)CC2)C1.O=C(O)C(F)(F)F.O=C(O)C(F)(F)F. The van der Waals surface area contributed by atoms with Crippen LogP contribution in [0.2, 0.25) is 0 Å². The molecule has 2 N–H and O–H groups in total. The molecule has 1 amide bonds. The minimum absolute atomic E-state index is 0.317. The average molecular weight is 544 g/mol. The van der Waals surface area contributed by atoms with Crippen LogP contribution in [0, 0.1) is 5.92 Å². The maximum absolute atomic E-state index is 12.4. The Morgan fingerprint density at radius 3 is 1.84 bits per heavy atom. The lowest BCUT2D eigenvalue weighted by Gasteiger charge is -2.37. The van der Waals surface area contributed by atoms with Gasteiger partial charge in [0.05, 0.1) is 0 Å². The number of piperazine rings is 1. The van der Waals surface area contributed by atoms with E-state index in [4.69, 9.17) is 19.8 Å². The van der Waals surface area contributed by atoms with Crippen molar-refractivity contribution in [3.63, 3.8) is 0 Å². The Balaban J connectivity index is 0.000000404. The van der Waals surface area contributed by atoms with Gasteiger partial charge in [-0.05, 0) is 37.4 Å². The van der Waals surface area contributed by atoms with Crippen LogP contribution in [0.25, 0.3) is 0 Å². The number of amides is 1. The second-order valence-electron chi connectivity index (χ2n) is 8.48. The van der Waals surface area contributed by atoms with Crippen molar-refractivity contribution in [2.45, 2.75) is 38.5 Å². The number of carboxylic acids is 2. The van der Waals surface area contributed by atoms with Gasteiger partial charge in [-0.1, -0.05) is 6.92 Å². The number of carbonyl (C=O) groups excluding carboxylic acids is 1. The van der Waals surface area contributed by atoms with Crippen LogP contribution in [0.5, 0.6) is 0 Å². The molecule has 15 heteroatoms. The van der Waals surface area contributed by atoms with E-state index in [9.17, 15) is 31.1 Å². The highest BCUT2D eigenvalue weighted by molar-refractivity contribution is 5.76. The van der Waals surface area contributed by atoms with E-state index >= 15 is 0 Å². The smallest absolute Gasteiger partial charge is 0.475 e. The quantitative estimate of drug-likeness (QED) is 0.556. The number of piperidine rings is 1. The van der Waals surface area contributed by atoms with Crippen LogP contribution in [0.3, 0.4) is 0 Å². The van der Waals surface area contributed by atoms with Gasteiger partial charge in [-0.2, -0.15) is 26.3 Å². The Kier molecular flexibility index (Phi) is 12.6. The Morgan fingerprint density at radius 2 is 1.41 bits per heavy atom. The number of alkyl halides is 6. The monoisotopic (exact) mass is 544 g/mol. The highest BCUT2D eigenvalue weighted by Gasteiger charge is 2.38. The Hall–Kier alpha value is -3.10. The van der Waals surface area contributed by atoms with E-state index < -0.39 is 24.3 Å². The summed E-state index contributed by atoms with van der Waals surface area (Å²) in [6, 6.07) is 4.07. The zero-order valence-electron chi connectivity index (χ0n) is 20.1. The number of likely N-dealkylation sites (tertiary alicyclic amines) is 1. The molecule has 1 unspecified atom stereocenters. The lowest BCUT2D eigenvalue weighted by atomic mass is 10.0. The number of aromatic nitrogens is 1. The lowest BCUT2D eigenvalue weighted by Crippen LogP contribution is -2.49. The highest BCUT2D eigenvalue weighted by atomic mass is 19.4. The molecule has 2 aliphatic heterocycles. The predicted molar refractivity (Wildman–Crippen MR) is 120 cm³/mol. The second kappa shape index (κ2) is 14.6. The molecule has 9 nitrogen and oxygen atoms in total. The van der Waals surface area contributed by atoms with Gasteiger partial charge in [-0.3, -0.25) is 9.78 Å². The fraction of sp³-hybridized carbons (Fsp3) is 0.636. The van der Waals surface area contributed by atoms with Gasteiger partial charge in [0, 0.05) is 63.8 Å². The number of hydrogen-bond donors (Lipinski definition) is 2. The molecule has 0 aromatic carbocycles. The van der Waals surface area contributed by atoms with Crippen molar-refractivity contribution >= 4 is 23.5 Å². The number of halogens is 6. The summed E-state index contributed by atoms with van der Waals surface area (Å²) in [5, 5.41) is 14.2. The zero-order valence-corrected chi connectivity index (χ0v) is 20.1. The van der Waals surface area contributed by atoms with Crippen molar-refractivity contribution in [2.75, 3.05) is 50.7 Å². The third-order valence-electron chi connectivity index (χ3n) is 5.53. The topological polar surface area (TPSA) is 114 Å². The molecule has 1 aromatic heterocycles. The van der Waals surface area contributed by atoms with Crippen molar-refractivity contribution in [3.05, 3.63) is 24.5 Å². The van der Waals surface area contributed by atoms with Gasteiger partial charge >= 0.3 is 24.3 Å². The zero-order chi connectivity index (χ0) is 28.2. The van der Waals surface area contributed by atoms with Crippen LogP contribution in [-0.4, -0.2) is 101 Å². The van der Waals surface area contributed by atoms with Gasteiger partial charge in [0.25, 0.3) is 0 Å². The van der Waals surface area contributed by atoms with Crippen molar-refractivity contribution in [3.8, 4) is 0 Å². The summed E-state index contributed by atoms with van der Waals surface area (Å²) in [4.78, 5) is 41.1. The molecular weight excluding hydrogens is 514 g/mol. The van der Waals surface area contributed by atoms with Crippen LogP contribution in [0.15, 0.2) is 24.5 Å². The summed E-state index contributed by atoms with van der Waals surface area (Å²) in [6.45, 7) is 9.04. The van der Waals surface area contributed by atoms with Gasteiger partial charge in [0.1, 0.15) is 0 Å². The highest BCUT2D eigenvalue weighted by Crippen LogP contribution is 2.17. The molecule has 37 heavy (non-hydrogen) atoms. The summed E-state index contributed by atoms with van der Waals surface area (Å²) in [5.41, 5.74) is 1.20. The molecule has 0 aliphatic carbocycles. The van der Waals surface area contributed by atoms with Crippen LogP contribution in [0.4, 0.5) is 32.0 Å². The van der Waals surface area contributed by atoms with Crippen molar-refractivity contribution < 1.29 is 50.9 Å². The van der Waals surface area contributed by atoms with Gasteiger partial charge in [0.2, 0.25) is 5.91 Å². The first-order chi connectivity index (χ1) is 17.1. The van der Waals surface area contributed by atoms with E-state index in [2.05, 4.69) is 21.7 Å². The summed E-state index contributed by atoms with van der Waals surface area (Å²) >= 11 is 0. The predicted octanol–water partition coefficient (Wildman–Crippen LogP) is 3.12. The standard InChI is InChI=1S/C18H28N4O.2C2HF3O2/c1-16-3-2-9-20(15-16)10-6-18(23)22-13-11-21(12-14-22)17-4-7-19-8-5-17;2*3-2(4,5)1(6)7/h4-5,7-8,16H,2-3,6,9-15H2,1H3;2*(H,6,7). The number of pyridine rings is 1. The van der Waals surface area contributed by atoms with E-state index in [0.29, 0.717) is 12.3 Å². The average Bonchev–Trinajstić information content (AvgIpc) is 2.83. The molecule has 0 saturated carbocycles. The van der Waals surface area contributed by atoms with Crippen LogP contribution >= 0.6 is 0 Å². The fourth-order valence-electron chi connectivity index (χ4n) is 3.67. The first-order valence-electron chi connectivity index (χ1n) is 11.4. The van der Waals surface area contributed by atoms with Crippen LogP contribution in [-0.2, 0) is 14.4 Å². The lowest BCUT2D eigenvalue weighted by molar-refractivity contribution is -0.193. The minimum atomic E-state index is -5.08. The molecular formula is C22H30F6N4O5. The molecule has 3 heterocycles. The molecule has 210 valence electrons. The number of nitrogens with zero attached hydrogens (tertiary/aromatic N) is 4. The summed E-state index contributed by atoms with van der Waals surface area (Å²) in [5.74, 6) is -4.42. The Labute approximate surface area is 209 Å². The molecule has 0 spiro atoms. The van der Waals surface area contributed by atoms with E-state index in [1.807, 2.05) is 29.4 Å². The van der Waals surface area contributed by atoms with Gasteiger partial charge < -0.3 is 24.9 Å². The molecule has 2 aliphatic rings. The van der Waals surface area contributed by atoms with Crippen molar-refractivity contribution in [2.24, 2.45) is 5.92 Å². The van der Waals surface area contributed by atoms with Gasteiger partial charge in [0.15, 0.2) is 0 Å². The number of aliphatic carboxylic acids is 2. The summed E-state index contributed by atoms with van der Waals surface area (Å²) < 4.78 is 63.5. The van der Waals surface area contributed by atoms with E-state index in [-0.39, 0.29) is 0 Å². The molecule has 2 fully saturated rings. The molecule has 1 atom stereocenters. The maximum Gasteiger partial charge on any atom is 0.490 e. The summed E-state index contributed by atoms with van der Waals surface area (Å²) in [7, 11) is 0. The third-order valence-corrected chi connectivity index (χ3v) is 5.53. The van der Waals surface area contributed by atoms with E-state index in [1.54, 1.807) is 0 Å². The van der Waals surface area contributed by atoms with Crippen molar-refractivity contribution in [1.82, 2.24) is 14.8 Å². The first kappa shape index (κ1) is 31.9. The number of rotatable bonds is 4. The molecule has 3 rings (SSSR count). The van der Waals surface area contributed by atoms with Crippen molar-refractivity contribution in [1.29, 1.82) is 0 Å². The normalized spacial score (nSPS) is 18.6. The van der Waals surface area contributed by atoms with Crippen LogP contribution in [0.1, 0.15) is 26.2 Å². The molecule has 0 radical (unpaired) electrons. The van der Waals surface area contributed by atoms with Crippen LogP contribution < -0.4 is 4.90 Å². The number of hydrogen-bond acceptors (Lipinski definition) is 6. The largest absolute Gasteiger partial charge is 0.490 e. The van der Waals surface area contributed by atoms with E-state index in [1.165, 1.54) is 18.5 Å². The first-order valence-corrected chi connectivity index (χ1v) is 11.4. The molecule has 0 bridgehead atoms. The number of carbonyl (C=O) groups is 3. The third kappa shape index (κ3) is 12.6. The number of carboxylic acid groups (broad SMARTS) is 2. The minimum Gasteiger partial charge on any atom is -0.475 e. The Bertz CT molecular complexity index is 837. The second-order valence-corrected chi connectivity index (χ2v) is 8.48. The maximum atomic E-state index is 12.4. The van der Waals surface area contributed by atoms with Gasteiger partial charge in [-0.15, -0.1) is 0 Å². The van der Waals surface area contributed by atoms with Gasteiger partial charge in [-0.25, -0.2) is 9.59 Å². The summed E-state index contributed by atoms with van der Waals surface area (Å²) in [6.07, 6.45) is -3.23.